The number of rotatable bonds is 4. The fourth-order valence-corrected chi connectivity index (χ4v) is 2.11. The predicted octanol–water partition coefficient (Wildman–Crippen LogP) is 1.92. The molecule has 1 aromatic rings. The van der Waals surface area contributed by atoms with E-state index in [1.165, 1.54) is 12.8 Å². The van der Waals surface area contributed by atoms with E-state index in [1.807, 2.05) is 32.1 Å². The maximum absolute atomic E-state index is 12.1. The molecule has 0 spiro atoms. The van der Waals surface area contributed by atoms with Crippen molar-refractivity contribution in [2.75, 3.05) is 7.05 Å². The van der Waals surface area contributed by atoms with Crippen LogP contribution in [0.2, 0.25) is 0 Å². The summed E-state index contributed by atoms with van der Waals surface area (Å²) in [7, 11) is 3.74. The van der Waals surface area contributed by atoms with Crippen molar-refractivity contribution in [3.05, 3.63) is 18.0 Å². The fraction of sp³-hybridized carbons (Fsp3) is 0.692. The van der Waals surface area contributed by atoms with Gasteiger partial charge in [0.15, 0.2) is 0 Å². The molecule has 5 heteroatoms. The summed E-state index contributed by atoms with van der Waals surface area (Å²) in [5, 5.41) is 7.12. The first-order valence-electron chi connectivity index (χ1n) is 6.51. The third-order valence-electron chi connectivity index (χ3n) is 3.80. The number of amides is 2. The quantitative estimate of drug-likeness (QED) is 0.887. The highest BCUT2D eigenvalue weighted by Crippen LogP contribution is 2.34. The molecule has 0 aliphatic heterocycles. The monoisotopic (exact) mass is 250 g/mol. The molecule has 1 heterocycles. The Kier molecular flexibility index (Phi) is 3.59. The van der Waals surface area contributed by atoms with E-state index in [2.05, 4.69) is 17.3 Å². The lowest BCUT2D eigenvalue weighted by Gasteiger charge is -2.26. The lowest BCUT2D eigenvalue weighted by molar-refractivity contribution is 0.185. The Hall–Kier alpha value is -1.52. The zero-order chi connectivity index (χ0) is 13.3. The van der Waals surface area contributed by atoms with Crippen LogP contribution >= 0.6 is 0 Å². The molecule has 1 aromatic heterocycles. The van der Waals surface area contributed by atoms with Gasteiger partial charge in [-0.1, -0.05) is 0 Å². The van der Waals surface area contributed by atoms with Gasteiger partial charge in [-0.25, -0.2) is 4.79 Å². The average molecular weight is 250 g/mol. The molecule has 1 saturated carbocycles. The van der Waals surface area contributed by atoms with E-state index < -0.39 is 0 Å². The summed E-state index contributed by atoms with van der Waals surface area (Å²) in [4.78, 5) is 13.9. The molecule has 1 fully saturated rings. The van der Waals surface area contributed by atoms with Gasteiger partial charge in [0.05, 0.1) is 12.2 Å². The SMILES string of the molecule is C[C@H](C1CC1)N(C)C(=O)N[C@H](C)c1cnn(C)c1. The minimum absolute atomic E-state index is 0.00856. The molecule has 2 amide bonds. The third kappa shape index (κ3) is 2.83. The smallest absolute Gasteiger partial charge is 0.317 e. The van der Waals surface area contributed by atoms with E-state index >= 15 is 0 Å². The zero-order valence-electron chi connectivity index (χ0n) is 11.6. The summed E-state index contributed by atoms with van der Waals surface area (Å²) in [6.07, 6.45) is 6.21. The van der Waals surface area contributed by atoms with Gasteiger partial charge in [0.2, 0.25) is 0 Å². The van der Waals surface area contributed by atoms with Gasteiger partial charge in [-0.2, -0.15) is 5.10 Å². The highest BCUT2D eigenvalue weighted by molar-refractivity contribution is 5.74. The second-order valence-corrected chi connectivity index (χ2v) is 5.31. The fourth-order valence-electron chi connectivity index (χ4n) is 2.11. The summed E-state index contributed by atoms with van der Waals surface area (Å²) in [5.74, 6) is 0.689. The molecule has 0 saturated heterocycles. The minimum atomic E-state index is -0.0138. The molecule has 0 aromatic carbocycles. The van der Waals surface area contributed by atoms with Crippen LogP contribution in [0, 0.1) is 5.92 Å². The van der Waals surface area contributed by atoms with Crippen LogP contribution in [-0.4, -0.2) is 33.8 Å². The summed E-state index contributed by atoms with van der Waals surface area (Å²) in [5.41, 5.74) is 1.03. The van der Waals surface area contributed by atoms with Gasteiger partial charge in [-0.05, 0) is 32.6 Å². The van der Waals surface area contributed by atoms with E-state index in [9.17, 15) is 4.79 Å². The number of nitrogens with one attached hydrogen (secondary N) is 1. The molecule has 1 N–H and O–H groups in total. The summed E-state index contributed by atoms with van der Waals surface area (Å²) in [6.45, 7) is 4.09. The number of hydrogen-bond acceptors (Lipinski definition) is 2. The topological polar surface area (TPSA) is 50.2 Å². The number of hydrogen-bond donors (Lipinski definition) is 1. The Morgan fingerprint density at radius 1 is 1.56 bits per heavy atom. The second-order valence-electron chi connectivity index (χ2n) is 5.31. The molecule has 2 atom stereocenters. The van der Waals surface area contributed by atoms with Gasteiger partial charge in [-0.15, -0.1) is 0 Å². The first kappa shape index (κ1) is 12.9. The van der Waals surface area contributed by atoms with Crippen LogP contribution in [0.3, 0.4) is 0 Å². The van der Waals surface area contributed by atoms with Crippen molar-refractivity contribution >= 4 is 6.03 Å². The van der Waals surface area contributed by atoms with Gasteiger partial charge >= 0.3 is 6.03 Å². The number of nitrogens with zero attached hydrogens (tertiary/aromatic N) is 3. The van der Waals surface area contributed by atoms with Crippen LogP contribution in [0.1, 0.15) is 38.3 Å². The average Bonchev–Trinajstić information content (AvgIpc) is 3.09. The first-order valence-corrected chi connectivity index (χ1v) is 6.51. The molecular formula is C13H22N4O. The summed E-state index contributed by atoms with van der Waals surface area (Å²) < 4.78 is 1.74. The molecule has 1 aliphatic rings. The number of carbonyl (C=O) groups excluding carboxylic acids is 1. The van der Waals surface area contributed by atoms with Crippen molar-refractivity contribution in [3.8, 4) is 0 Å². The molecule has 2 rings (SSSR count). The maximum atomic E-state index is 12.1. The maximum Gasteiger partial charge on any atom is 0.317 e. The Bertz CT molecular complexity index is 424. The molecule has 18 heavy (non-hydrogen) atoms. The number of urea groups is 1. The molecule has 0 bridgehead atoms. The molecular weight excluding hydrogens is 228 g/mol. The molecule has 1 aliphatic carbocycles. The highest BCUT2D eigenvalue weighted by Gasteiger charge is 2.32. The van der Waals surface area contributed by atoms with E-state index in [0.717, 1.165) is 5.56 Å². The van der Waals surface area contributed by atoms with Crippen LogP contribution in [0.15, 0.2) is 12.4 Å². The Balaban J connectivity index is 1.90. The van der Waals surface area contributed by atoms with Gasteiger partial charge < -0.3 is 10.2 Å². The van der Waals surface area contributed by atoms with Crippen molar-refractivity contribution in [3.63, 3.8) is 0 Å². The second kappa shape index (κ2) is 5.00. The lowest BCUT2D eigenvalue weighted by atomic mass is 10.2. The summed E-state index contributed by atoms with van der Waals surface area (Å²) in [6, 6.07) is 0.303. The third-order valence-corrected chi connectivity index (χ3v) is 3.80. The van der Waals surface area contributed by atoms with E-state index in [1.54, 1.807) is 10.9 Å². The standard InChI is InChI=1S/C13H22N4O/c1-9(12-7-14-16(3)8-12)15-13(18)17(4)10(2)11-5-6-11/h7-11H,5-6H2,1-4H3,(H,15,18)/t9-,10-/m1/s1. The van der Waals surface area contributed by atoms with Gasteiger partial charge in [0, 0.05) is 31.9 Å². The van der Waals surface area contributed by atoms with Gasteiger partial charge in [0.1, 0.15) is 0 Å². The largest absolute Gasteiger partial charge is 0.331 e. The Morgan fingerprint density at radius 3 is 2.72 bits per heavy atom. The van der Waals surface area contributed by atoms with Crippen molar-refractivity contribution in [1.29, 1.82) is 0 Å². The van der Waals surface area contributed by atoms with Crippen molar-refractivity contribution in [1.82, 2.24) is 20.0 Å². The van der Waals surface area contributed by atoms with Crippen LogP contribution in [0.4, 0.5) is 4.79 Å². The van der Waals surface area contributed by atoms with Crippen LogP contribution < -0.4 is 5.32 Å². The highest BCUT2D eigenvalue weighted by atomic mass is 16.2. The number of aromatic nitrogens is 2. The van der Waals surface area contributed by atoms with E-state index in [4.69, 9.17) is 0 Å². The Labute approximate surface area is 108 Å². The van der Waals surface area contributed by atoms with Crippen LogP contribution in [0.5, 0.6) is 0 Å². The number of carbonyl (C=O) groups is 1. The van der Waals surface area contributed by atoms with Crippen LogP contribution in [-0.2, 0) is 7.05 Å². The van der Waals surface area contributed by atoms with Crippen molar-refractivity contribution in [2.45, 2.75) is 38.8 Å². The van der Waals surface area contributed by atoms with Gasteiger partial charge in [-0.3, -0.25) is 4.68 Å². The normalized spacial score (nSPS) is 18.2. The lowest BCUT2D eigenvalue weighted by Crippen LogP contribution is -2.44. The molecule has 100 valence electrons. The van der Waals surface area contributed by atoms with E-state index in [0.29, 0.717) is 12.0 Å². The van der Waals surface area contributed by atoms with E-state index in [-0.39, 0.29) is 12.1 Å². The number of aryl methyl sites for hydroxylation is 1. The minimum Gasteiger partial charge on any atom is -0.331 e. The van der Waals surface area contributed by atoms with Gasteiger partial charge in [0.25, 0.3) is 0 Å². The van der Waals surface area contributed by atoms with Crippen molar-refractivity contribution in [2.24, 2.45) is 13.0 Å². The van der Waals surface area contributed by atoms with Crippen molar-refractivity contribution < 1.29 is 4.79 Å². The molecule has 0 radical (unpaired) electrons. The summed E-state index contributed by atoms with van der Waals surface area (Å²) >= 11 is 0. The zero-order valence-corrected chi connectivity index (χ0v) is 11.6. The molecule has 0 unspecified atom stereocenters. The van der Waals surface area contributed by atoms with Crippen LogP contribution in [0.25, 0.3) is 0 Å². The first-order chi connectivity index (χ1) is 8.49. The predicted molar refractivity (Wildman–Crippen MR) is 70.1 cm³/mol. The molecule has 5 nitrogen and oxygen atoms in total. The Morgan fingerprint density at radius 2 is 2.22 bits per heavy atom.